The van der Waals surface area contributed by atoms with Gasteiger partial charge in [-0.3, -0.25) is 4.79 Å². The topological polar surface area (TPSA) is 69.7 Å². The van der Waals surface area contributed by atoms with Gasteiger partial charge < -0.3 is 4.18 Å². The molecule has 0 amide bonds. The quantitative estimate of drug-likeness (QED) is 0.482. The smallest absolute Gasteiger partial charge is 0.325 e. The van der Waals surface area contributed by atoms with E-state index >= 15 is 0 Å². The van der Waals surface area contributed by atoms with Crippen molar-refractivity contribution in [3.8, 4) is 0 Å². The second-order valence-electron chi connectivity index (χ2n) is 5.53. The monoisotopic (exact) mass is 292 g/mol. The fourth-order valence-corrected chi connectivity index (χ4v) is 2.00. The van der Waals surface area contributed by atoms with Gasteiger partial charge in [-0.05, 0) is 24.7 Å². The first-order valence-electron chi connectivity index (χ1n) is 6.39. The molecule has 0 bridgehead atoms. The average molecular weight is 292 g/mol. The van der Waals surface area contributed by atoms with Crippen LogP contribution in [0.25, 0.3) is 0 Å². The molecule has 0 aromatic rings. The molecular weight excluding hydrogens is 268 g/mol. The van der Waals surface area contributed by atoms with Gasteiger partial charge in [-0.1, -0.05) is 33.3 Å². The zero-order chi connectivity index (χ0) is 14.9. The van der Waals surface area contributed by atoms with Crippen LogP contribution in [0, 0.1) is 5.41 Å². The number of carbonyl (C=O) groups is 1. The van der Waals surface area contributed by atoms with Crippen molar-refractivity contribution in [3.63, 3.8) is 0 Å². The van der Waals surface area contributed by atoms with Crippen molar-refractivity contribution in [2.24, 2.45) is 5.41 Å². The first-order valence-corrected chi connectivity index (χ1v) is 7.72. The van der Waals surface area contributed by atoms with E-state index in [1.807, 2.05) is 0 Å². The molecule has 6 heteroatoms. The lowest BCUT2D eigenvalue weighted by molar-refractivity contribution is -0.134. The van der Waals surface area contributed by atoms with Crippen molar-refractivity contribution < 1.29 is 21.6 Å². The summed E-state index contributed by atoms with van der Waals surface area (Å²) in [6, 6.07) is 0. The van der Waals surface area contributed by atoms with Crippen LogP contribution in [0.5, 0.6) is 0 Å². The zero-order valence-corrected chi connectivity index (χ0v) is 12.8. The van der Waals surface area contributed by atoms with E-state index in [1.54, 1.807) is 0 Å². The summed E-state index contributed by atoms with van der Waals surface area (Å²) >= 11 is 0. The molecule has 0 aromatic heterocycles. The van der Waals surface area contributed by atoms with Crippen molar-refractivity contribution in [1.82, 2.24) is 0 Å². The van der Waals surface area contributed by atoms with Crippen molar-refractivity contribution in [1.29, 1.82) is 0 Å². The SMILES string of the molecule is C=CCCC(=O)OS(=O)(=O)OCCCCC(C)(C)C. The Bertz CT molecular complexity index is 378. The lowest BCUT2D eigenvalue weighted by atomic mass is 9.90. The molecule has 0 aliphatic rings. The largest absolute Gasteiger partial charge is 0.451 e. The lowest BCUT2D eigenvalue weighted by Crippen LogP contribution is -2.16. The standard InChI is InChI=1S/C13H24O5S/c1-5-6-9-12(14)18-19(15,16)17-11-8-7-10-13(2,3)4/h5H,1,6-11H2,2-4H3. The van der Waals surface area contributed by atoms with Crippen LogP contribution in [-0.4, -0.2) is 21.0 Å². The molecule has 0 heterocycles. The van der Waals surface area contributed by atoms with Gasteiger partial charge in [0.15, 0.2) is 0 Å². The summed E-state index contributed by atoms with van der Waals surface area (Å²) in [4.78, 5) is 11.1. The molecule has 19 heavy (non-hydrogen) atoms. The number of carbonyl (C=O) groups excluding carboxylic acids is 1. The Hall–Kier alpha value is -0.880. The highest BCUT2D eigenvalue weighted by atomic mass is 32.3. The molecule has 0 aromatic carbocycles. The number of unbranched alkanes of at least 4 members (excludes halogenated alkanes) is 1. The molecule has 0 fully saturated rings. The van der Waals surface area contributed by atoms with Crippen LogP contribution >= 0.6 is 0 Å². The van der Waals surface area contributed by atoms with Gasteiger partial charge in [0.1, 0.15) is 0 Å². The minimum Gasteiger partial charge on any atom is -0.325 e. The molecule has 0 atom stereocenters. The highest BCUT2D eigenvalue weighted by Gasteiger charge is 2.17. The molecule has 0 N–H and O–H groups in total. The maximum absolute atomic E-state index is 11.3. The Morgan fingerprint density at radius 3 is 2.42 bits per heavy atom. The maximum Gasteiger partial charge on any atom is 0.451 e. The fraction of sp³-hybridized carbons (Fsp3) is 0.769. The first kappa shape index (κ1) is 18.1. The van der Waals surface area contributed by atoms with Gasteiger partial charge in [-0.25, -0.2) is 4.18 Å². The molecule has 0 aliphatic heterocycles. The van der Waals surface area contributed by atoms with E-state index in [1.165, 1.54) is 6.08 Å². The molecule has 0 aliphatic carbocycles. The van der Waals surface area contributed by atoms with Crippen molar-refractivity contribution >= 4 is 16.4 Å². The van der Waals surface area contributed by atoms with Gasteiger partial charge in [0.2, 0.25) is 0 Å². The number of rotatable bonds is 9. The van der Waals surface area contributed by atoms with E-state index in [0.717, 1.165) is 12.8 Å². The highest BCUT2D eigenvalue weighted by Crippen LogP contribution is 2.21. The Labute approximate surface area is 116 Å². The van der Waals surface area contributed by atoms with Crippen LogP contribution in [0.1, 0.15) is 52.9 Å². The van der Waals surface area contributed by atoms with Crippen molar-refractivity contribution in [3.05, 3.63) is 12.7 Å². The average Bonchev–Trinajstić information content (AvgIpc) is 2.23. The minimum absolute atomic E-state index is 0.0177. The second-order valence-corrected chi connectivity index (χ2v) is 6.75. The minimum atomic E-state index is -4.21. The third-order valence-electron chi connectivity index (χ3n) is 2.30. The summed E-state index contributed by atoms with van der Waals surface area (Å²) < 4.78 is 31.4. The normalized spacial score (nSPS) is 12.2. The van der Waals surface area contributed by atoms with Gasteiger partial charge in [0, 0.05) is 0 Å². The van der Waals surface area contributed by atoms with E-state index in [9.17, 15) is 13.2 Å². The van der Waals surface area contributed by atoms with Gasteiger partial charge in [-0.2, -0.15) is 8.42 Å². The van der Waals surface area contributed by atoms with E-state index in [0.29, 0.717) is 12.8 Å². The summed E-state index contributed by atoms with van der Waals surface area (Å²) in [6.45, 7) is 9.82. The van der Waals surface area contributed by atoms with Gasteiger partial charge in [0.05, 0.1) is 13.0 Å². The van der Waals surface area contributed by atoms with E-state index in [4.69, 9.17) is 0 Å². The maximum atomic E-state index is 11.3. The van der Waals surface area contributed by atoms with Crippen LogP contribution in [0.15, 0.2) is 12.7 Å². The lowest BCUT2D eigenvalue weighted by Gasteiger charge is -2.17. The Morgan fingerprint density at radius 1 is 1.26 bits per heavy atom. The Morgan fingerprint density at radius 2 is 1.89 bits per heavy atom. The van der Waals surface area contributed by atoms with Crippen molar-refractivity contribution in [2.75, 3.05) is 6.61 Å². The molecule has 0 saturated carbocycles. The zero-order valence-electron chi connectivity index (χ0n) is 12.0. The fourth-order valence-electron chi connectivity index (χ4n) is 1.32. The third kappa shape index (κ3) is 11.9. The second kappa shape index (κ2) is 8.32. The van der Waals surface area contributed by atoms with E-state index < -0.39 is 16.4 Å². The van der Waals surface area contributed by atoms with E-state index in [-0.39, 0.29) is 18.4 Å². The van der Waals surface area contributed by atoms with Gasteiger partial charge in [0.25, 0.3) is 0 Å². The molecule has 112 valence electrons. The molecule has 0 spiro atoms. The van der Waals surface area contributed by atoms with Crippen molar-refractivity contribution in [2.45, 2.75) is 52.9 Å². The molecular formula is C13H24O5S. The number of hydrogen-bond acceptors (Lipinski definition) is 5. The third-order valence-corrected chi connectivity index (χ3v) is 3.14. The molecule has 0 radical (unpaired) electrons. The van der Waals surface area contributed by atoms with Crippen LogP contribution in [-0.2, 0) is 23.6 Å². The molecule has 0 saturated heterocycles. The summed E-state index contributed by atoms with van der Waals surface area (Å²) in [7, 11) is -4.21. The predicted octanol–water partition coefficient (Wildman–Crippen LogP) is 2.97. The summed E-state index contributed by atoms with van der Waals surface area (Å²) in [6.07, 6.45) is 4.33. The summed E-state index contributed by atoms with van der Waals surface area (Å²) in [5.41, 5.74) is 0.218. The number of hydrogen-bond donors (Lipinski definition) is 0. The molecule has 0 unspecified atom stereocenters. The Balaban J connectivity index is 3.85. The van der Waals surface area contributed by atoms with Crippen LogP contribution in [0.4, 0.5) is 0 Å². The first-order chi connectivity index (χ1) is 8.66. The predicted molar refractivity (Wildman–Crippen MR) is 73.7 cm³/mol. The van der Waals surface area contributed by atoms with Crippen LogP contribution in [0.2, 0.25) is 0 Å². The Kier molecular flexibility index (Phi) is 7.94. The summed E-state index contributed by atoms with van der Waals surface area (Å²) in [5.74, 6) is -0.824. The molecule has 5 nitrogen and oxygen atoms in total. The van der Waals surface area contributed by atoms with Crippen LogP contribution < -0.4 is 0 Å². The van der Waals surface area contributed by atoms with Crippen LogP contribution in [0.3, 0.4) is 0 Å². The van der Waals surface area contributed by atoms with E-state index in [2.05, 4.69) is 35.7 Å². The summed E-state index contributed by atoms with van der Waals surface area (Å²) in [5, 5.41) is 0. The molecule has 0 rings (SSSR count). The highest BCUT2D eigenvalue weighted by molar-refractivity contribution is 7.82. The number of allylic oxidation sites excluding steroid dienone is 1. The van der Waals surface area contributed by atoms with Gasteiger partial charge >= 0.3 is 16.4 Å². The van der Waals surface area contributed by atoms with Gasteiger partial charge in [-0.15, -0.1) is 6.58 Å².